The number of urea groups is 1. The van der Waals surface area contributed by atoms with Crippen LogP contribution in [0.5, 0.6) is 0 Å². The highest BCUT2D eigenvalue weighted by atomic mass is 16.4. The maximum Gasteiger partial charge on any atom is 0.315 e. The minimum Gasteiger partial charge on any atom is -0.481 e. The molecule has 0 aromatic carbocycles. The zero-order chi connectivity index (χ0) is 12.0. The SMILES string of the molecule is CC1NC(=O)NC1CCCCCCC(=O)O. The average molecular weight is 228 g/mol. The van der Waals surface area contributed by atoms with E-state index in [0.717, 1.165) is 32.1 Å². The van der Waals surface area contributed by atoms with E-state index in [9.17, 15) is 9.59 Å². The molecule has 0 aliphatic carbocycles. The Morgan fingerprint density at radius 2 is 1.94 bits per heavy atom. The number of carboxylic acid groups (broad SMARTS) is 1. The van der Waals surface area contributed by atoms with Gasteiger partial charge in [-0.05, 0) is 19.8 Å². The molecule has 2 atom stereocenters. The average Bonchev–Trinajstić information content (AvgIpc) is 2.50. The number of carbonyl (C=O) groups is 2. The molecule has 5 nitrogen and oxygen atoms in total. The second-order valence-corrected chi connectivity index (χ2v) is 4.36. The Balaban J connectivity index is 1.99. The van der Waals surface area contributed by atoms with Gasteiger partial charge in [0.05, 0.1) is 6.04 Å². The lowest BCUT2D eigenvalue weighted by Gasteiger charge is -2.13. The molecule has 5 heteroatoms. The molecule has 2 amide bonds. The number of nitrogens with one attached hydrogen (secondary N) is 2. The highest BCUT2D eigenvalue weighted by Gasteiger charge is 2.26. The Morgan fingerprint density at radius 1 is 1.25 bits per heavy atom. The summed E-state index contributed by atoms with van der Waals surface area (Å²) in [5.41, 5.74) is 0. The van der Waals surface area contributed by atoms with Crippen LogP contribution in [0.15, 0.2) is 0 Å². The summed E-state index contributed by atoms with van der Waals surface area (Å²) < 4.78 is 0. The molecule has 0 saturated carbocycles. The van der Waals surface area contributed by atoms with E-state index in [-0.39, 0.29) is 24.5 Å². The molecule has 1 aliphatic heterocycles. The Kier molecular flexibility index (Phi) is 5.08. The van der Waals surface area contributed by atoms with Crippen molar-refractivity contribution in [3.63, 3.8) is 0 Å². The molecule has 0 radical (unpaired) electrons. The molecule has 1 heterocycles. The first kappa shape index (κ1) is 12.8. The van der Waals surface area contributed by atoms with Crippen LogP contribution in [0.1, 0.15) is 45.4 Å². The second-order valence-electron chi connectivity index (χ2n) is 4.36. The van der Waals surface area contributed by atoms with E-state index < -0.39 is 5.97 Å². The van der Waals surface area contributed by atoms with Gasteiger partial charge >= 0.3 is 12.0 Å². The van der Waals surface area contributed by atoms with Crippen molar-refractivity contribution in [2.45, 2.75) is 57.5 Å². The first-order valence-electron chi connectivity index (χ1n) is 5.88. The number of aliphatic carboxylic acids is 1. The summed E-state index contributed by atoms with van der Waals surface area (Å²) in [6.07, 6.45) is 5.00. The summed E-state index contributed by atoms with van der Waals surface area (Å²) in [5.74, 6) is -0.721. The normalized spacial score (nSPS) is 23.9. The molecule has 2 unspecified atom stereocenters. The number of rotatable bonds is 7. The number of hydrogen-bond acceptors (Lipinski definition) is 2. The molecule has 3 N–H and O–H groups in total. The van der Waals surface area contributed by atoms with E-state index in [1.165, 1.54) is 0 Å². The molecule has 1 aliphatic rings. The summed E-state index contributed by atoms with van der Waals surface area (Å²) in [6, 6.07) is 0.349. The standard InChI is InChI=1S/C11H20N2O3/c1-8-9(13-11(16)12-8)6-4-2-3-5-7-10(14)15/h8-9H,2-7H2,1H3,(H,14,15)(H2,12,13,16). The quantitative estimate of drug-likeness (QED) is 0.577. The van der Waals surface area contributed by atoms with E-state index in [1.54, 1.807) is 0 Å². The van der Waals surface area contributed by atoms with Crippen LogP contribution in [0.4, 0.5) is 4.79 Å². The van der Waals surface area contributed by atoms with Gasteiger partial charge in [0, 0.05) is 12.5 Å². The van der Waals surface area contributed by atoms with Crippen molar-refractivity contribution in [3.8, 4) is 0 Å². The number of carboxylic acids is 1. The van der Waals surface area contributed by atoms with Gasteiger partial charge < -0.3 is 15.7 Å². The summed E-state index contributed by atoms with van der Waals surface area (Å²) in [4.78, 5) is 21.3. The molecule has 1 rings (SSSR count). The number of unbranched alkanes of at least 4 members (excludes halogenated alkanes) is 3. The molecule has 0 bridgehead atoms. The number of hydrogen-bond donors (Lipinski definition) is 3. The molecule has 0 aromatic rings. The predicted octanol–water partition coefficient (Wildman–Crippen LogP) is 1.48. The topological polar surface area (TPSA) is 78.4 Å². The largest absolute Gasteiger partial charge is 0.481 e. The highest BCUT2D eigenvalue weighted by Crippen LogP contribution is 2.12. The lowest BCUT2D eigenvalue weighted by molar-refractivity contribution is -0.137. The molecule has 1 fully saturated rings. The van der Waals surface area contributed by atoms with E-state index in [2.05, 4.69) is 10.6 Å². The van der Waals surface area contributed by atoms with Crippen LogP contribution in [0.25, 0.3) is 0 Å². The highest BCUT2D eigenvalue weighted by molar-refractivity contribution is 5.77. The van der Waals surface area contributed by atoms with Gasteiger partial charge in [0.1, 0.15) is 0 Å². The zero-order valence-corrected chi connectivity index (χ0v) is 9.66. The van der Waals surface area contributed by atoms with Crippen molar-refractivity contribution >= 4 is 12.0 Å². The van der Waals surface area contributed by atoms with Crippen LogP contribution >= 0.6 is 0 Å². The van der Waals surface area contributed by atoms with E-state index in [1.807, 2.05) is 6.92 Å². The van der Waals surface area contributed by atoms with Gasteiger partial charge in [-0.2, -0.15) is 0 Å². The monoisotopic (exact) mass is 228 g/mol. The van der Waals surface area contributed by atoms with Gasteiger partial charge in [-0.3, -0.25) is 4.79 Å². The van der Waals surface area contributed by atoms with E-state index >= 15 is 0 Å². The smallest absolute Gasteiger partial charge is 0.315 e. The van der Waals surface area contributed by atoms with Crippen molar-refractivity contribution in [2.24, 2.45) is 0 Å². The van der Waals surface area contributed by atoms with Crippen LogP contribution in [-0.4, -0.2) is 29.2 Å². The van der Waals surface area contributed by atoms with Crippen LogP contribution in [-0.2, 0) is 4.79 Å². The van der Waals surface area contributed by atoms with Gasteiger partial charge in [-0.15, -0.1) is 0 Å². The fourth-order valence-corrected chi connectivity index (χ4v) is 1.96. The second kappa shape index (κ2) is 6.35. The van der Waals surface area contributed by atoms with Gasteiger partial charge in [0.2, 0.25) is 0 Å². The third kappa shape index (κ3) is 4.51. The first-order chi connectivity index (χ1) is 7.59. The maximum absolute atomic E-state index is 11.0. The summed E-state index contributed by atoms with van der Waals surface area (Å²) >= 11 is 0. The summed E-state index contributed by atoms with van der Waals surface area (Å²) in [7, 11) is 0. The van der Waals surface area contributed by atoms with Crippen LogP contribution < -0.4 is 10.6 Å². The molecular formula is C11H20N2O3. The van der Waals surface area contributed by atoms with Crippen molar-refractivity contribution in [2.75, 3.05) is 0 Å². The Bertz CT molecular complexity index is 256. The minimum absolute atomic E-state index is 0.0802. The molecular weight excluding hydrogens is 208 g/mol. The lowest BCUT2D eigenvalue weighted by atomic mass is 10.0. The number of amides is 2. The molecule has 16 heavy (non-hydrogen) atoms. The molecule has 1 saturated heterocycles. The third-order valence-corrected chi connectivity index (χ3v) is 2.93. The fourth-order valence-electron chi connectivity index (χ4n) is 1.96. The van der Waals surface area contributed by atoms with Gasteiger partial charge in [-0.1, -0.05) is 19.3 Å². The fraction of sp³-hybridized carbons (Fsp3) is 0.818. The first-order valence-corrected chi connectivity index (χ1v) is 5.88. The summed E-state index contributed by atoms with van der Waals surface area (Å²) in [5, 5.41) is 14.1. The van der Waals surface area contributed by atoms with E-state index in [0.29, 0.717) is 0 Å². The van der Waals surface area contributed by atoms with Crippen molar-refractivity contribution in [3.05, 3.63) is 0 Å². The van der Waals surface area contributed by atoms with Gasteiger partial charge in [0.15, 0.2) is 0 Å². The van der Waals surface area contributed by atoms with Crippen LogP contribution in [0.2, 0.25) is 0 Å². The predicted molar refractivity (Wildman–Crippen MR) is 60.3 cm³/mol. The number of carbonyl (C=O) groups excluding carboxylic acids is 1. The van der Waals surface area contributed by atoms with Crippen LogP contribution in [0, 0.1) is 0 Å². The Hall–Kier alpha value is -1.26. The Morgan fingerprint density at radius 3 is 2.50 bits per heavy atom. The minimum atomic E-state index is -0.721. The maximum atomic E-state index is 11.0. The molecule has 92 valence electrons. The van der Waals surface area contributed by atoms with Crippen molar-refractivity contribution in [1.29, 1.82) is 0 Å². The third-order valence-electron chi connectivity index (χ3n) is 2.93. The molecule has 0 spiro atoms. The lowest BCUT2D eigenvalue weighted by Crippen LogP contribution is -2.30. The van der Waals surface area contributed by atoms with Gasteiger partial charge in [-0.25, -0.2) is 4.79 Å². The zero-order valence-electron chi connectivity index (χ0n) is 9.66. The van der Waals surface area contributed by atoms with Crippen molar-refractivity contribution < 1.29 is 14.7 Å². The van der Waals surface area contributed by atoms with Crippen molar-refractivity contribution in [1.82, 2.24) is 10.6 Å². The Labute approximate surface area is 95.6 Å². The molecule has 0 aromatic heterocycles. The summed E-state index contributed by atoms with van der Waals surface area (Å²) in [6.45, 7) is 1.99. The van der Waals surface area contributed by atoms with Crippen LogP contribution in [0.3, 0.4) is 0 Å². The van der Waals surface area contributed by atoms with E-state index in [4.69, 9.17) is 5.11 Å². The van der Waals surface area contributed by atoms with Gasteiger partial charge in [0.25, 0.3) is 0 Å².